The molecular formula is C19H26F3N3O2. The van der Waals surface area contributed by atoms with Crippen LogP contribution in [0.15, 0.2) is 24.3 Å². The molecule has 1 N–H and O–H groups in total. The molecule has 1 aromatic rings. The minimum absolute atomic E-state index is 0.0512. The van der Waals surface area contributed by atoms with Crippen LogP contribution < -0.4 is 10.2 Å². The zero-order chi connectivity index (χ0) is 19.9. The van der Waals surface area contributed by atoms with E-state index in [-0.39, 0.29) is 11.8 Å². The maximum absolute atomic E-state index is 12.8. The van der Waals surface area contributed by atoms with Gasteiger partial charge in [0.05, 0.1) is 5.56 Å². The minimum atomic E-state index is -4.35. The molecule has 0 aromatic heterocycles. The number of piperazine rings is 1. The van der Waals surface area contributed by atoms with Gasteiger partial charge in [-0.15, -0.1) is 0 Å². The van der Waals surface area contributed by atoms with Crippen LogP contribution in [0.2, 0.25) is 0 Å². The lowest BCUT2D eigenvalue weighted by Crippen LogP contribution is -2.48. The molecule has 2 amide bonds. The first-order valence-electron chi connectivity index (χ1n) is 9.22. The van der Waals surface area contributed by atoms with Crippen LogP contribution in [0.4, 0.5) is 18.9 Å². The molecule has 0 atom stereocenters. The third-order valence-corrected chi connectivity index (χ3v) is 4.61. The lowest BCUT2D eigenvalue weighted by Gasteiger charge is -2.36. The largest absolute Gasteiger partial charge is 0.416 e. The lowest BCUT2D eigenvalue weighted by atomic mass is 10.1. The topological polar surface area (TPSA) is 52.7 Å². The first-order chi connectivity index (χ1) is 12.8. The summed E-state index contributed by atoms with van der Waals surface area (Å²) < 4.78 is 38.5. The number of halogens is 3. The summed E-state index contributed by atoms with van der Waals surface area (Å²) in [6, 6.07) is 5.31. The van der Waals surface area contributed by atoms with Crippen molar-refractivity contribution in [3.63, 3.8) is 0 Å². The monoisotopic (exact) mass is 385 g/mol. The predicted octanol–water partition coefficient (Wildman–Crippen LogP) is 3.05. The smallest absolute Gasteiger partial charge is 0.368 e. The first-order valence-corrected chi connectivity index (χ1v) is 9.22. The summed E-state index contributed by atoms with van der Waals surface area (Å²) in [6.07, 6.45) is -1.41. The molecule has 0 aliphatic carbocycles. The van der Waals surface area contributed by atoms with Gasteiger partial charge < -0.3 is 15.1 Å². The van der Waals surface area contributed by atoms with E-state index in [9.17, 15) is 22.8 Å². The molecule has 27 heavy (non-hydrogen) atoms. The molecule has 5 nitrogen and oxygen atoms in total. The molecule has 1 aromatic carbocycles. The Labute approximate surface area is 157 Å². The van der Waals surface area contributed by atoms with E-state index in [0.717, 1.165) is 31.4 Å². The molecule has 2 rings (SSSR count). The highest BCUT2D eigenvalue weighted by molar-refractivity contribution is 5.76. The Morgan fingerprint density at radius 3 is 2.41 bits per heavy atom. The SMILES string of the molecule is CC(=O)NCCCCCC(=O)N1CCN(c2cccc(C(F)(F)F)c2)CC1. The molecule has 1 aliphatic heterocycles. The summed E-state index contributed by atoms with van der Waals surface area (Å²) in [5.41, 5.74) is -0.118. The number of hydrogen-bond donors (Lipinski definition) is 1. The van der Waals surface area contributed by atoms with Gasteiger partial charge in [0.1, 0.15) is 0 Å². The van der Waals surface area contributed by atoms with E-state index in [1.807, 2.05) is 4.90 Å². The Morgan fingerprint density at radius 2 is 1.78 bits per heavy atom. The fraction of sp³-hybridized carbons (Fsp3) is 0.579. The summed E-state index contributed by atoms with van der Waals surface area (Å²) in [6.45, 7) is 4.18. The summed E-state index contributed by atoms with van der Waals surface area (Å²) in [7, 11) is 0. The Balaban J connectivity index is 1.73. The van der Waals surface area contributed by atoms with Gasteiger partial charge in [-0.3, -0.25) is 9.59 Å². The van der Waals surface area contributed by atoms with Crippen LogP contribution in [-0.4, -0.2) is 49.4 Å². The van der Waals surface area contributed by atoms with E-state index in [2.05, 4.69) is 5.32 Å². The van der Waals surface area contributed by atoms with Crippen LogP contribution in [-0.2, 0) is 15.8 Å². The molecule has 0 unspecified atom stereocenters. The number of alkyl halides is 3. The van der Waals surface area contributed by atoms with Crippen LogP contribution in [0, 0.1) is 0 Å². The fourth-order valence-corrected chi connectivity index (χ4v) is 3.09. The zero-order valence-electron chi connectivity index (χ0n) is 15.5. The summed E-state index contributed by atoms with van der Waals surface area (Å²) in [4.78, 5) is 26.7. The van der Waals surface area contributed by atoms with E-state index >= 15 is 0 Å². The number of nitrogens with one attached hydrogen (secondary N) is 1. The third kappa shape index (κ3) is 6.77. The van der Waals surface area contributed by atoms with Crippen molar-refractivity contribution in [2.75, 3.05) is 37.6 Å². The maximum atomic E-state index is 12.8. The van der Waals surface area contributed by atoms with Gasteiger partial charge in [0.15, 0.2) is 0 Å². The summed E-state index contributed by atoms with van der Waals surface area (Å²) in [5, 5.41) is 2.72. The van der Waals surface area contributed by atoms with Crippen molar-refractivity contribution in [1.82, 2.24) is 10.2 Å². The van der Waals surface area contributed by atoms with Crippen LogP contribution >= 0.6 is 0 Å². The van der Waals surface area contributed by atoms with Crippen molar-refractivity contribution in [2.45, 2.75) is 38.8 Å². The number of rotatable bonds is 7. The Morgan fingerprint density at radius 1 is 1.07 bits per heavy atom. The van der Waals surface area contributed by atoms with Gasteiger partial charge >= 0.3 is 6.18 Å². The van der Waals surface area contributed by atoms with Gasteiger partial charge in [-0.25, -0.2) is 0 Å². The van der Waals surface area contributed by atoms with Gasteiger partial charge in [0, 0.05) is 51.8 Å². The van der Waals surface area contributed by atoms with E-state index in [0.29, 0.717) is 44.8 Å². The summed E-state index contributed by atoms with van der Waals surface area (Å²) in [5.74, 6) is 0.0305. The molecular weight excluding hydrogens is 359 g/mol. The third-order valence-electron chi connectivity index (χ3n) is 4.61. The van der Waals surface area contributed by atoms with E-state index in [1.165, 1.54) is 13.0 Å². The van der Waals surface area contributed by atoms with Gasteiger partial charge in [-0.2, -0.15) is 13.2 Å². The molecule has 150 valence electrons. The molecule has 1 saturated heterocycles. The number of carbonyl (C=O) groups is 2. The van der Waals surface area contributed by atoms with Crippen LogP contribution in [0.3, 0.4) is 0 Å². The fourth-order valence-electron chi connectivity index (χ4n) is 3.09. The normalized spacial score (nSPS) is 15.0. The Kier molecular flexibility index (Phi) is 7.50. The number of amides is 2. The van der Waals surface area contributed by atoms with Crippen LogP contribution in [0.5, 0.6) is 0 Å². The van der Waals surface area contributed by atoms with Crippen molar-refractivity contribution >= 4 is 17.5 Å². The molecule has 0 radical (unpaired) electrons. The number of benzene rings is 1. The van der Waals surface area contributed by atoms with Crippen molar-refractivity contribution in [3.05, 3.63) is 29.8 Å². The number of unbranched alkanes of at least 4 members (excludes halogenated alkanes) is 2. The van der Waals surface area contributed by atoms with Crippen molar-refractivity contribution in [1.29, 1.82) is 0 Å². The molecule has 1 heterocycles. The standard InChI is InChI=1S/C19H26F3N3O2/c1-15(26)23-9-4-2-3-8-18(27)25-12-10-24(11-13-25)17-7-5-6-16(14-17)19(20,21)22/h5-7,14H,2-4,8-13H2,1H3,(H,23,26). The van der Waals surface area contributed by atoms with Crippen molar-refractivity contribution in [3.8, 4) is 0 Å². The number of anilines is 1. The Bertz CT molecular complexity index is 641. The minimum Gasteiger partial charge on any atom is -0.368 e. The number of hydrogen-bond acceptors (Lipinski definition) is 3. The van der Waals surface area contributed by atoms with Crippen LogP contribution in [0.25, 0.3) is 0 Å². The highest BCUT2D eigenvalue weighted by Crippen LogP contribution is 2.31. The van der Waals surface area contributed by atoms with Gasteiger partial charge in [0.2, 0.25) is 11.8 Å². The second-order valence-electron chi connectivity index (χ2n) is 6.71. The van der Waals surface area contributed by atoms with Crippen LogP contribution in [0.1, 0.15) is 38.2 Å². The lowest BCUT2D eigenvalue weighted by molar-refractivity contribution is -0.137. The second kappa shape index (κ2) is 9.62. The predicted molar refractivity (Wildman–Crippen MR) is 97.4 cm³/mol. The first kappa shape index (κ1) is 21.1. The molecule has 1 aliphatic rings. The van der Waals surface area contributed by atoms with Gasteiger partial charge in [-0.05, 0) is 31.0 Å². The highest BCUT2D eigenvalue weighted by atomic mass is 19.4. The zero-order valence-corrected chi connectivity index (χ0v) is 15.5. The second-order valence-corrected chi connectivity index (χ2v) is 6.71. The van der Waals surface area contributed by atoms with Crippen molar-refractivity contribution in [2.24, 2.45) is 0 Å². The quantitative estimate of drug-likeness (QED) is 0.734. The van der Waals surface area contributed by atoms with E-state index < -0.39 is 11.7 Å². The van der Waals surface area contributed by atoms with Gasteiger partial charge in [0.25, 0.3) is 0 Å². The average Bonchev–Trinajstić information content (AvgIpc) is 2.63. The molecule has 0 saturated carbocycles. The van der Waals surface area contributed by atoms with Gasteiger partial charge in [-0.1, -0.05) is 12.5 Å². The number of nitrogens with zero attached hydrogens (tertiary/aromatic N) is 2. The van der Waals surface area contributed by atoms with E-state index in [1.54, 1.807) is 11.0 Å². The Hall–Kier alpha value is -2.25. The average molecular weight is 385 g/mol. The van der Waals surface area contributed by atoms with Crippen molar-refractivity contribution < 1.29 is 22.8 Å². The highest BCUT2D eigenvalue weighted by Gasteiger charge is 2.31. The van der Waals surface area contributed by atoms with E-state index in [4.69, 9.17) is 0 Å². The molecule has 1 fully saturated rings. The molecule has 0 bridgehead atoms. The summed E-state index contributed by atoms with van der Waals surface area (Å²) >= 11 is 0. The molecule has 8 heteroatoms. The maximum Gasteiger partial charge on any atom is 0.416 e. The number of carbonyl (C=O) groups excluding carboxylic acids is 2. The molecule has 0 spiro atoms.